The van der Waals surface area contributed by atoms with Crippen molar-refractivity contribution in [3.05, 3.63) is 47.0 Å². The lowest BCUT2D eigenvalue weighted by atomic mass is 10.1. The van der Waals surface area contributed by atoms with Crippen molar-refractivity contribution in [2.75, 3.05) is 0 Å². The third kappa shape index (κ3) is 2.40. The third-order valence-electron chi connectivity index (χ3n) is 2.41. The Labute approximate surface area is 98.5 Å². The summed E-state index contributed by atoms with van der Waals surface area (Å²) in [6.07, 6.45) is 1.29. The van der Waals surface area contributed by atoms with Gasteiger partial charge in [0.1, 0.15) is 12.2 Å². The van der Waals surface area contributed by atoms with Gasteiger partial charge in [0.15, 0.2) is 0 Å². The van der Waals surface area contributed by atoms with Crippen molar-refractivity contribution in [3.63, 3.8) is 0 Å². The van der Waals surface area contributed by atoms with Crippen molar-refractivity contribution in [1.82, 2.24) is 14.8 Å². The molecule has 0 bridgehead atoms. The number of halogens is 1. The number of rotatable bonds is 3. The number of aliphatic hydroxyl groups excluding tert-OH is 1. The van der Waals surface area contributed by atoms with E-state index in [1.54, 1.807) is 23.9 Å². The summed E-state index contributed by atoms with van der Waals surface area (Å²) in [5.41, 5.74) is 0.788. The van der Waals surface area contributed by atoms with E-state index in [0.29, 0.717) is 11.4 Å². The largest absolute Gasteiger partial charge is 0.388 e. The smallest absolute Gasteiger partial charge is 0.138 e. The van der Waals surface area contributed by atoms with Gasteiger partial charge in [-0.1, -0.05) is 23.7 Å². The lowest BCUT2D eigenvalue weighted by molar-refractivity contribution is 0.174. The summed E-state index contributed by atoms with van der Waals surface area (Å²) in [5.74, 6) is 0.743. The lowest BCUT2D eigenvalue weighted by Gasteiger charge is -2.10. The van der Waals surface area contributed by atoms with Crippen LogP contribution in [0.5, 0.6) is 0 Å². The fourth-order valence-electron chi connectivity index (χ4n) is 1.51. The maximum Gasteiger partial charge on any atom is 0.138 e. The Hall–Kier alpha value is -1.39. The average molecular weight is 238 g/mol. The van der Waals surface area contributed by atoms with Crippen LogP contribution in [0.4, 0.5) is 0 Å². The molecule has 0 aliphatic heterocycles. The summed E-state index contributed by atoms with van der Waals surface area (Å²) in [7, 11) is 1.80. The van der Waals surface area contributed by atoms with Gasteiger partial charge in [0, 0.05) is 18.5 Å². The van der Waals surface area contributed by atoms with Crippen LogP contribution in [0.3, 0.4) is 0 Å². The molecular weight excluding hydrogens is 226 g/mol. The Morgan fingerprint density at radius 1 is 1.50 bits per heavy atom. The second-order valence-electron chi connectivity index (χ2n) is 3.57. The minimum Gasteiger partial charge on any atom is -0.388 e. The molecule has 0 spiro atoms. The quantitative estimate of drug-likeness (QED) is 0.885. The first-order valence-electron chi connectivity index (χ1n) is 4.93. The van der Waals surface area contributed by atoms with Crippen LogP contribution in [-0.2, 0) is 13.5 Å². The van der Waals surface area contributed by atoms with Crippen LogP contribution in [0.2, 0.25) is 5.02 Å². The van der Waals surface area contributed by atoms with Crippen LogP contribution < -0.4 is 0 Å². The summed E-state index contributed by atoms with van der Waals surface area (Å²) >= 11 is 5.86. The van der Waals surface area contributed by atoms with E-state index in [1.807, 2.05) is 12.1 Å². The second-order valence-corrected chi connectivity index (χ2v) is 4.01. The van der Waals surface area contributed by atoms with Crippen LogP contribution in [-0.4, -0.2) is 19.9 Å². The Kier molecular flexibility index (Phi) is 3.22. The van der Waals surface area contributed by atoms with Gasteiger partial charge < -0.3 is 5.11 Å². The Morgan fingerprint density at radius 2 is 2.31 bits per heavy atom. The zero-order chi connectivity index (χ0) is 11.5. The molecule has 0 aliphatic rings. The number of hydrogen-bond donors (Lipinski definition) is 1. The molecule has 2 rings (SSSR count). The summed E-state index contributed by atoms with van der Waals surface area (Å²) < 4.78 is 1.65. The van der Waals surface area contributed by atoms with E-state index in [-0.39, 0.29) is 0 Å². The average Bonchev–Trinajstić information content (AvgIpc) is 2.64. The highest BCUT2D eigenvalue weighted by atomic mass is 35.5. The summed E-state index contributed by atoms with van der Waals surface area (Å²) in [5, 5.41) is 14.6. The number of aromatic nitrogens is 3. The Bertz CT molecular complexity index is 484. The van der Waals surface area contributed by atoms with Crippen LogP contribution in [0.1, 0.15) is 17.5 Å². The molecule has 1 N–H and O–H groups in total. The molecule has 0 radical (unpaired) electrons. The predicted octanol–water partition coefficient (Wildman–Crippen LogP) is 1.74. The van der Waals surface area contributed by atoms with Crippen molar-refractivity contribution in [2.45, 2.75) is 12.5 Å². The zero-order valence-corrected chi connectivity index (χ0v) is 9.59. The van der Waals surface area contributed by atoms with Gasteiger partial charge in [-0.25, -0.2) is 4.98 Å². The van der Waals surface area contributed by atoms with Crippen molar-refractivity contribution < 1.29 is 5.11 Å². The molecule has 1 aromatic carbocycles. The monoisotopic (exact) mass is 237 g/mol. The normalized spacial score (nSPS) is 12.7. The van der Waals surface area contributed by atoms with Crippen LogP contribution in [0, 0.1) is 0 Å². The van der Waals surface area contributed by atoms with Crippen molar-refractivity contribution in [3.8, 4) is 0 Å². The summed E-state index contributed by atoms with van der Waals surface area (Å²) in [4.78, 5) is 4.06. The fraction of sp³-hybridized carbons (Fsp3) is 0.273. The van der Waals surface area contributed by atoms with Gasteiger partial charge in [-0.05, 0) is 17.7 Å². The molecule has 1 aromatic heterocycles. The first-order valence-corrected chi connectivity index (χ1v) is 5.31. The predicted molar refractivity (Wildman–Crippen MR) is 61.1 cm³/mol. The van der Waals surface area contributed by atoms with E-state index in [2.05, 4.69) is 10.1 Å². The zero-order valence-electron chi connectivity index (χ0n) is 8.84. The molecule has 2 aromatic rings. The van der Waals surface area contributed by atoms with Gasteiger partial charge in [-0.15, -0.1) is 0 Å². The number of aryl methyl sites for hydroxylation is 1. The molecule has 84 valence electrons. The van der Waals surface area contributed by atoms with Gasteiger partial charge in [-0.3, -0.25) is 4.68 Å². The van der Waals surface area contributed by atoms with Crippen LogP contribution >= 0.6 is 11.6 Å². The number of aliphatic hydroxyl groups is 1. The van der Waals surface area contributed by atoms with Gasteiger partial charge in [0.25, 0.3) is 0 Å². The molecule has 1 atom stereocenters. The number of benzene rings is 1. The molecule has 5 heteroatoms. The first kappa shape index (κ1) is 11.1. The molecular formula is C11H12ClN3O. The van der Waals surface area contributed by atoms with Gasteiger partial charge in [-0.2, -0.15) is 5.10 Å². The molecule has 0 saturated carbocycles. The summed E-state index contributed by atoms with van der Waals surface area (Å²) in [6.45, 7) is 0. The molecule has 16 heavy (non-hydrogen) atoms. The molecule has 0 fully saturated rings. The Balaban J connectivity index is 2.14. The molecule has 0 amide bonds. The maximum atomic E-state index is 10.0. The van der Waals surface area contributed by atoms with Gasteiger partial charge in [0.2, 0.25) is 0 Å². The highest BCUT2D eigenvalue weighted by Gasteiger charge is 2.12. The van der Waals surface area contributed by atoms with E-state index < -0.39 is 6.10 Å². The van der Waals surface area contributed by atoms with Crippen molar-refractivity contribution >= 4 is 11.6 Å². The minimum absolute atomic E-state index is 0.427. The highest BCUT2D eigenvalue weighted by molar-refractivity contribution is 6.30. The van der Waals surface area contributed by atoms with E-state index in [4.69, 9.17) is 11.6 Å². The standard InChI is InChI=1S/C11H12ClN3O/c1-15-11(13-7-14-15)6-10(16)8-3-2-4-9(12)5-8/h2-5,7,10,16H,6H2,1H3. The number of nitrogens with zero attached hydrogens (tertiary/aromatic N) is 3. The molecule has 1 heterocycles. The summed E-state index contributed by atoms with van der Waals surface area (Å²) in [6, 6.07) is 7.19. The van der Waals surface area contributed by atoms with Crippen molar-refractivity contribution in [1.29, 1.82) is 0 Å². The first-order chi connectivity index (χ1) is 7.66. The third-order valence-corrected chi connectivity index (χ3v) is 2.65. The number of hydrogen-bond acceptors (Lipinski definition) is 3. The van der Waals surface area contributed by atoms with Crippen molar-refractivity contribution in [2.24, 2.45) is 7.05 Å². The van der Waals surface area contributed by atoms with Gasteiger partial charge >= 0.3 is 0 Å². The molecule has 4 nitrogen and oxygen atoms in total. The minimum atomic E-state index is -0.610. The SMILES string of the molecule is Cn1ncnc1CC(O)c1cccc(Cl)c1. The Morgan fingerprint density at radius 3 is 2.94 bits per heavy atom. The van der Waals surface area contributed by atoms with Crippen LogP contribution in [0.15, 0.2) is 30.6 Å². The van der Waals surface area contributed by atoms with E-state index in [1.165, 1.54) is 6.33 Å². The molecule has 1 unspecified atom stereocenters. The van der Waals surface area contributed by atoms with Gasteiger partial charge in [0.05, 0.1) is 6.10 Å². The lowest BCUT2D eigenvalue weighted by Crippen LogP contribution is -2.07. The second kappa shape index (κ2) is 4.63. The van der Waals surface area contributed by atoms with E-state index in [9.17, 15) is 5.11 Å². The van der Waals surface area contributed by atoms with E-state index >= 15 is 0 Å². The molecule has 0 saturated heterocycles. The van der Waals surface area contributed by atoms with E-state index in [0.717, 1.165) is 11.4 Å². The topological polar surface area (TPSA) is 50.9 Å². The maximum absolute atomic E-state index is 10.0. The van der Waals surface area contributed by atoms with Crippen LogP contribution in [0.25, 0.3) is 0 Å². The highest BCUT2D eigenvalue weighted by Crippen LogP contribution is 2.20. The molecule has 0 aliphatic carbocycles. The fourth-order valence-corrected chi connectivity index (χ4v) is 1.71.